The minimum absolute atomic E-state index is 0. The van der Waals surface area contributed by atoms with Crippen LogP contribution in [0.2, 0.25) is 0 Å². The zero-order valence-electron chi connectivity index (χ0n) is 26.3. The van der Waals surface area contributed by atoms with E-state index in [0.717, 1.165) is 17.7 Å². The topological polar surface area (TPSA) is 50.2 Å². The molecule has 3 nitrogen and oxygen atoms in total. The molecule has 5 rings (SSSR count). The van der Waals surface area contributed by atoms with Gasteiger partial charge < -0.3 is 10.1 Å². The molecule has 223 valence electrons. The van der Waals surface area contributed by atoms with Crippen LogP contribution in [-0.4, -0.2) is 15.9 Å². The molecule has 4 aromatic rings. The van der Waals surface area contributed by atoms with E-state index in [1.807, 2.05) is 33.9 Å². The third-order valence-corrected chi connectivity index (χ3v) is 7.20. The Bertz CT molecular complexity index is 1600. The molecule has 1 aliphatic carbocycles. The van der Waals surface area contributed by atoms with Gasteiger partial charge in [0.05, 0.1) is 5.76 Å². The van der Waals surface area contributed by atoms with Gasteiger partial charge in [0.1, 0.15) is 0 Å². The summed E-state index contributed by atoms with van der Waals surface area (Å²) in [7, 11) is 0. The van der Waals surface area contributed by atoms with Crippen molar-refractivity contribution in [3.8, 4) is 33.5 Å². The van der Waals surface area contributed by atoms with Gasteiger partial charge in [-0.3, -0.25) is 4.79 Å². The fourth-order valence-electron chi connectivity index (χ4n) is 5.65. The number of carbonyl (C=O) groups is 1. The fraction of sp³-hybridized carbons (Fsp3) is 0.368. The number of fused-ring (bicyclic) bond motifs is 5. The van der Waals surface area contributed by atoms with Crippen LogP contribution in [0, 0.1) is 37.7 Å². The Hall–Kier alpha value is -3.07. The number of aliphatic hydroxyl groups excluding tert-OH is 1. The second-order valence-electron chi connectivity index (χ2n) is 12.8. The molecule has 1 radical (unpaired) electrons. The first-order chi connectivity index (χ1) is 19.4. The monoisotopic (exact) mass is 739 g/mol. The first-order valence-electron chi connectivity index (χ1n) is 14.9. The molecule has 0 bridgehead atoms. The van der Waals surface area contributed by atoms with Gasteiger partial charge in [-0.25, -0.2) is 0 Å². The molecule has 0 atom stereocenters. The molecule has 0 unspecified atom stereocenters. The zero-order chi connectivity index (χ0) is 29.8. The third kappa shape index (κ3) is 8.06. The van der Waals surface area contributed by atoms with E-state index in [9.17, 15) is 9.90 Å². The van der Waals surface area contributed by atoms with Crippen LogP contribution >= 0.6 is 0 Å². The first-order valence-corrected chi connectivity index (χ1v) is 14.9. The van der Waals surface area contributed by atoms with Crippen LogP contribution in [0.5, 0.6) is 0 Å². The minimum Gasteiger partial charge on any atom is -0.512 e. The van der Waals surface area contributed by atoms with Gasteiger partial charge in [0.2, 0.25) is 0 Å². The van der Waals surface area contributed by atoms with E-state index < -0.39 is 0 Å². The van der Waals surface area contributed by atoms with Crippen molar-refractivity contribution in [2.24, 2.45) is 17.8 Å². The maximum Gasteiger partial charge on any atom is 0.159 e. The average molecular weight is 739 g/mol. The summed E-state index contributed by atoms with van der Waals surface area (Å²) in [5.74, 6) is 1.60. The van der Waals surface area contributed by atoms with Gasteiger partial charge in [0.25, 0.3) is 0 Å². The van der Waals surface area contributed by atoms with Crippen molar-refractivity contribution in [2.75, 3.05) is 0 Å². The SMILES string of the molecule is CC(C)CC(=O)/C=C(\O)CC(C)C.Cc1ccc2c(c1)-c1cc(CC(C)C)c[c-]c1-c1nccc3cc(C)cc-2c13.[Ir]. The summed E-state index contributed by atoms with van der Waals surface area (Å²) in [6, 6.07) is 21.7. The number of aryl methyl sites for hydroxylation is 2. The molecule has 0 spiro atoms. The molecule has 0 saturated heterocycles. The van der Waals surface area contributed by atoms with Gasteiger partial charge in [-0.2, -0.15) is 0 Å². The van der Waals surface area contributed by atoms with E-state index in [4.69, 9.17) is 4.98 Å². The number of rotatable bonds is 7. The summed E-state index contributed by atoms with van der Waals surface area (Å²) >= 11 is 0. The van der Waals surface area contributed by atoms with Crippen LogP contribution in [0.15, 0.2) is 66.6 Å². The second-order valence-corrected chi connectivity index (χ2v) is 12.8. The standard InChI is InChI=1S/C27H24N.C11H20O2.Ir/c1-16(2)11-19-6-8-22-24(15-19)23-13-17(3)5-7-21(23)25-14-18(4)12-20-9-10-28-27(22)26(20)25;1-8(2)5-10(12)7-11(13)6-9(3)4;/h5-7,9-10,12-16H,11H2,1-4H3;7-9,12H,5-6H2,1-4H3;/q-1;;/b;10-7-;. The smallest absolute Gasteiger partial charge is 0.159 e. The number of allylic oxidation sites excluding steroid dienone is 2. The van der Waals surface area contributed by atoms with E-state index in [1.165, 1.54) is 55.8 Å². The number of pyridine rings is 1. The predicted molar refractivity (Wildman–Crippen MR) is 173 cm³/mol. The molecule has 0 amide bonds. The molecule has 0 saturated carbocycles. The van der Waals surface area contributed by atoms with E-state index in [1.54, 1.807) is 0 Å². The Balaban J connectivity index is 0.000000297. The van der Waals surface area contributed by atoms with Crippen LogP contribution in [0.3, 0.4) is 0 Å². The summed E-state index contributed by atoms with van der Waals surface area (Å²) in [6.07, 6.45) is 5.46. The van der Waals surface area contributed by atoms with Crippen molar-refractivity contribution in [3.63, 3.8) is 0 Å². The Kier molecular flexibility index (Phi) is 11.5. The molecule has 1 N–H and O–H groups in total. The Morgan fingerprint density at radius 2 is 1.52 bits per heavy atom. The van der Waals surface area contributed by atoms with Crippen molar-refractivity contribution in [1.29, 1.82) is 0 Å². The van der Waals surface area contributed by atoms with Gasteiger partial charge in [-0.15, -0.1) is 29.3 Å². The summed E-state index contributed by atoms with van der Waals surface area (Å²) in [5.41, 5.74) is 11.2. The van der Waals surface area contributed by atoms with E-state index in [-0.39, 0.29) is 31.6 Å². The fourth-order valence-corrected chi connectivity index (χ4v) is 5.65. The van der Waals surface area contributed by atoms with Crippen LogP contribution < -0.4 is 0 Å². The normalized spacial score (nSPS) is 11.9. The number of hydrogen-bond acceptors (Lipinski definition) is 3. The van der Waals surface area contributed by atoms with Crippen LogP contribution in [0.4, 0.5) is 0 Å². The summed E-state index contributed by atoms with van der Waals surface area (Å²) in [6.45, 7) is 16.9. The van der Waals surface area contributed by atoms with Gasteiger partial charge in [-0.1, -0.05) is 101 Å². The second kappa shape index (κ2) is 14.4. The predicted octanol–water partition coefficient (Wildman–Crippen LogP) is 10.3. The third-order valence-electron chi connectivity index (χ3n) is 7.20. The maximum atomic E-state index is 11.2. The molecular formula is C38H44IrNO2-. The Labute approximate surface area is 265 Å². The van der Waals surface area contributed by atoms with E-state index in [2.05, 4.69) is 82.3 Å². The molecular weight excluding hydrogens is 695 g/mol. The molecule has 3 aromatic carbocycles. The van der Waals surface area contributed by atoms with Gasteiger partial charge in [-0.05, 0) is 64.9 Å². The van der Waals surface area contributed by atoms with Crippen molar-refractivity contribution < 1.29 is 30.0 Å². The van der Waals surface area contributed by atoms with Gasteiger partial charge >= 0.3 is 0 Å². The molecule has 0 fully saturated rings. The van der Waals surface area contributed by atoms with Crippen LogP contribution in [-0.2, 0) is 31.3 Å². The molecule has 1 heterocycles. The molecule has 0 aliphatic heterocycles. The quantitative estimate of drug-likeness (QED) is 0.103. The number of aliphatic hydroxyl groups is 1. The zero-order valence-corrected chi connectivity index (χ0v) is 28.7. The van der Waals surface area contributed by atoms with Gasteiger partial charge in [0.15, 0.2) is 5.78 Å². The Morgan fingerprint density at radius 3 is 2.19 bits per heavy atom. The number of ketones is 1. The number of aromatic nitrogens is 1. The van der Waals surface area contributed by atoms with Crippen LogP contribution in [0.1, 0.15) is 71.1 Å². The first kappa shape index (κ1) is 33.4. The number of benzene rings is 3. The van der Waals surface area contributed by atoms with Crippen molar-refractivity contribution in [3.05, 3.63) is 89.3 Å². The molecule has 42 heavy (non-hydrogen) atoms. The van der Waals surface area contributed by atoms with Gasteiger partial charge in [0, 0.05) is 45.2 Å². The van der Waals surface area contributed by atoms with Crippen molar-refractivity contribution in [2.45, 2.75) is 74.7 Å². The largest absolute Gasteiger partial charge is 0.512 e. The maximum absolute atomic E-state index is 11.2. The van der Waals surface area contributed by atoms with E-state index in [0.29, 0.717) is 30.6 Å². The minimum atomic E-state index is 0. The molecule has 1 aromatic heterocycles. The van der Waals surface area contributed by atoms with E-state index >= 15 is 0 Å². The number of nitrogens with zero attached hydrogens (tertiary/aromatic N) is 1. The number of hydrogen-bond donors (Lipinski definition) is 1. The molecule has 4 heteroatoms. The Morgan fingerprint density at radius 1 is 0.833 bits per heavy atom. The molecule has 1 aliphatic rings. The average Bonchev–Trinajstić information content (AvgIpc) is 2.97. The van der Waals surface area contributed by atoms with Crippen molar-refractivity contribution >= 4 is 16.6 Å². The number of carbonyl (C=O) groups excluding carboxylic acids is 1. The summed E-state index contributed by atoms with van der Waals surface area (Å²) in [4.78, 5) is 16.0. The van der Waals surface area contributed by atoms with Crippen molar-refractivity contribution in [1.82, 2.24) is 4.98 Å². The summed E-state index contributed by atoms with van der Waals surface area (Å²) < 4.78 is 0. The van der Waals surface area contributed by atoms with Crippen LogP contribution in [0.25, 0.3) is 44.3 Å². The summed E-state index contributed by atoms with van der Waals surface area (Å²) in [5, 5.41) is 11.8.